The molecule has 0 radical (unpaired) electrons. The van der Waals surface area contributed by atoms with Gasteiger partial charge in [-0.3, -0.25) is 4.72 Å². The second-order valence-electron chi connectivity index (χ2n) is 3.51. The number of benzene rings is 1. The van der Waals surface area contributed by atoms with Crippen molar-refractivity contribution in [2.24, 2.45) is 0 Å². The predicted molar refractivity (Wildman–Crippen MR) is 64.2 cm³/mol. The van der Waals surface area contributed by atoms with Crippen LogP contribution in [0.2, 0.25) is 0 Å². The van der Waals surface area contributed by atoms with E-state index in [4.69, 9.17) is 0 Å². The fourth-order valence-electron chi connectivity index (χ4n) is 1.42. The van der Waals surface area contributed by atoms with E-state index in [1.54, 1.807) is 12.1 Å². The summed E-state index contributed by atoms with van der Waals surface area (Å²) in [5, 5.41) is 0. The molecule has 0 spiro atoms. The molecule has 5 heteroatoms. The second-order valence-corrected chi connectivity index (χ2v) is 5.26. The molecule has 0 aliphatic carbocycles. The highest BCUT2D eigenvalue weighted by Gasteiger charge is 2.01. The first kappa shape index (κ1) is 10.8. The van der Waals surface area contributed by atoms with Crippen LogP contribution in [-0.2, 0) is 10.0 Å². The van der Waals surface area contributed by atoms with E-state index >= 15 is 0 Å². The SMILES string of the molecule is CS(=O)(=O)Nc1ccc(-n2cccc2)cc1. The largest absolute Gasteiger partial charge is 0.324 e. The monoisotopic (exact) mass is 236 g/mol. The van der Waals surface area contributed by atoms with Crippen molar-refractivity contribution in [1.29, 1.82) is 0 Å². The average molecular weight is 236 g/mol. The summed E-state index contributed by atoms with van der Waals surface area (Å²) in [6, 6.07) is 11.0. The number of nitrogens with zero attached hydrogens (tertiary/aromatic N) is 1. The van der Waals surface area contributed by atoms with Crippen molar-refractivity contribution >= 4 is 15.7 Å². The minimum absolute atomic E-state index is 0.568. The first-order valence-electron chi connectivity index (χ1n) is 4.76. The average Bonchev–Trinajstić information content (AvgIpc) is 2.69. The summed E-state index contributed by atoms with van der Waals surface area (Å²) in [6.07, 6.45) is 4.99. The number of anilines is 1. The summed E-state index contributed by atoms with van der Waals surface area (Å²) in [5.74, 6) is 0. The minimum atomic E-state index is -3.20. The molecule has 0 bridgehead atoms. The van der Waals surface area contributed by atoms with Gasteiger partial charge in [0.25, 0.3) is 0 Å². The van der Waals surface area contributed by atoms with Crippen LogP contribution in [0, 0.1) is 0 Å². The number of hydrogen-bond donors (Lipinski definition) is 1. The van der Waals surface area contributed by atoms with Crippen molar-refractivity contribution in [3.63, 3.8) is 0 Å². The molecule has 1 heterocycles. The molecule has 16 heavy (non-hydrogen) atoms. The van der Waals surface area contributed by atoms with Gasteiger partial charge >= 0.3 is 0 Å². The van der Waals surface area contributed by atoms with Crippen LogP contribution < -0.4 is 4.72 Å². The lowest BCUT2D eigenvalue weighted by Crippen LogP contribution is -2.09. The lowest BCUT2D eigenvalue weighted by molar-refractivity contribution is 0.607. The lowest BCUT2D eigenvalue weighted by Gasteiger charge is -2.06. The van der Waals surface area contributed by atoms with Crippen molar-refractivity contribution in [3.05, 3.63) is 48.8 Å². The Kier molecular flexibility index (Phi) is 2.70. The molecule has 1 aromatic heterocycles. The van der Waals surface area contributed by atoms with E-state index in [0.29, 0.717) is 5.69 Å². The number of rotatable bonds is 3. The molecule has 0 unspecified atom stereocenters. The molecule has 0 aliphatic rings. The Labute approximate surface area is 94.6 Å². The van der Waals surface area contributed by atoms with Crippen LogP contribution in [0.15, 0.2) is 48.8 Å². The summed E-state index contributed by atoms with van der Waals surface area (Å²) in [6.45, 7) is 0. The van der Waals surface area contributed by atoms with Crippen molar-refractivity contribution in [2.45, 2.75) is 0 Å². The highest BCUT2D eigenvalue weighted by molar-refractivity contribution is 7.92. The summed E-state index contributed by atoms with van der Waals surface area (Å²) in [4.78, 5) is 0. The van der Waals surface area contributed by atoms with Crippen molar-refractivity contribution in [3.8, 4) is 5.69 Å². The van der Waals surface area contributed by atoms with Crippen LogP contribution in [0.5, 0.6) is 0 Å². The second kappa shape index (κ2) is 4.02. The zero-order valence-electron chi connectivity index (χ0n) is 8.79. The van der Waals surface area contributed by atoms with E-state index < -0.39 is 10.0 Å². The number of nitrogens with one attached hydrogen (secondary N) is 1. The Morgan fingerprint density at radius 1 is 1.06 bits per heavy atom. The summed E-state index contributed by atoms with van der Waals surface area (Å²) in [7, 11) is -3.20. The van der Waals surface area contributed by atoms with Crippen molar-refractivity contribution < 1.29 is 8.42 Å². The quantitative estimate of drug-likeness (QED) is 0.884. The van der Waals surface area contributed by atoms with Crippen LogP contribution in [0.1, 0.15) is 0 Å². The fraction of sp³-hybridized carbons (Fsp3) is 0.0909. The van der Waals surface area contributed by atoms with Crippen molar-refractivity contribution in [2.75, 3.05) is 11.0 Å². The molecule has 4 nitrogen and oxygen atoms in total. The van der Waals surface area contributed by atoms with E-state index in [-0.39, 0.29) is 0 Å². The van der Waals surface area contributed by atoms with Gasteiger partial charge in [0.15, 0.2) is 0 Å². The van der Waals surface area contributed by atoms with Crippen molar-refractivity contribution in [1.82, 2.24) is 4.57 Å². The van der Waals surface area contributed by atoms with Crippen LogP contribution in [-0.4, -0.2) is 19.2 Å². The molecule has 0 saturated carbocycles. The third kappa shape index (κ3) is 2.64. The Balaban J connectivity index is 2.24. The van der Waals surface area contributed by atoms with Gasteiger partial charge in [0.1, 0.15) is 0 Å². The maximum Gasteiger partial charge on any atom is 0.229 e. The first-order valence-corrected chi connectivity index (χ1v) is 6.65. The van der Waals surface area contributed by atoms with Gasteiger partial charge in [0.05, 0.1) is 6.26 Å². The van der Waals surface area contributed by atoms with E-state index in [2.05, 4.69) is 4.72 Å². The molecule has 1 aromatic carbocycles. The third-order valence-corrected chi connectivity index (χ3v) is 2.68. The molecule has 0 aliphatic heterocycles. The summed E-state index contributed by atoms with van der Waals surface area (Å²) >= 11 is 0. The minimum Gasteiger partial charge on any atom is -0.324 e. The Morgan fingerprint density at radius 2 is 1.62 bits per heavy atom. The highest BCUT2D eigenvalue weighted by Crippen LogP contribution is 2.14. The maximum absolute atomic E-state index is 11.0. The molecule has 2 rings (SSSR count). The van der Waals surface area contributed by atoms with Crippen LogP contribution >= 0.6 is 0 Å². The Bertz CT molecular complexity index is 557. The zero-order valence-corrected chi connectivity index (χ0v) is 9.61. The van der Waals surface area contributed by atoms with Gasteiger partial charge in [-0.05, 0) is 36.4 Å². The van der Waals surface area contributed by atoms with E-state index in [9.17, 15) is 8.42 Å². The fourth-order valence-corrected chi connectivity index (χ4v) is 1.99. The lowest BCUT2D eigenvalue weighted by atomic mass is 10.3. The smallest absolute Gasteiger partial charge is 0.229 e. The van der Waals surface area contributed by atoms with Gasteiger partial charge in [0.2, 0.25) is 10.0 Å². The normalized spacial score (nSPS) is 11.3. The zero-order chi connectivity index (χ0) is 11.6. The topological polar surface area (TPSA) is 51.1 Å². The van der Waals surface area contributed by atoms with Gasteiger partial charge in [-0.25, -0.2) is 8.42 Å². The van der Waals surface area contributed by atoms with Gasteiger partial charge < -0.3 is 4.57 Å². The van der Waals surface area contributed by atoms with Crippen LogP contribution in [0.4, 0.5) is 5.69 Å². The molecular formula is C11H12N2O2S. The van der Waals surface area contributed by atoms with Gasteiger partial charge in [0, 0.05) is 23.8 Å². The van der Waals surface area contributed by atoms with Crippen LogP contribution in [0.3, 0.4) is 0 Å². The molecule has 2 aromatic rings. The molecule has 84 valence electrons. The molecular weight excluding hydrogens is 224 g/mol. The molecule has 0 atom stereocenters. The van der Waals surface area contributed by atoms with E-state index in [1.807, 2.05) is 41.2 Å². The van der Waals surface area contributed by atoms with Gasteiger partial charge in [-0.15, -0.1) is 0 Å². The predicted octanol–water partition coefficient (Wildman–Crippen LogP) is 1.85. The van der Waals surface area contributed by atoms with Crippen LogP contribution in [0.25, 0.3) is 5.69 Å². The highest BCUT2D eigenvalue weighted by atomic mass is 32.2. The Hall–Kier alpha value is -1.75. The third-order valence-electron chi connectivity index (χ3n) is 2.07. The van der Waals surface area contributed by atoms with E-state index in [0.717, 1.165) is 11.9 Å². The molecule has 0 saturated heterocycles. The summed E-state index contributed by atoms with van der Waals surface area (Å²) < 4.78 is 26.4. The molecule has 1 N–H and O–H groups in total. The maximum atomic E-state index is 11.0. The Morgan fingerprint density at radius 3 is 2.12 bits per heavy atom. The first-order chi connectivity index (χ1) is 7.54. The number of sulfonamides is 1. The molecule has 0 amide bonds. The standard InChI is InChI=1S/C11H12N2O2S/c1-16(14,15)12-10-4-6-11(7-5-10)13-8-2-3-9-13/h2-9,12H,1H3. The summed E-state index contributed by atoms with van der Waals surface area (Å²) in [5.41, 5.74) is 1.56. The van der Waals surface area contributed by atoms with Gasteiger partial charge in [-0.2, -0.15) is 0 Å². The molecule has 0 fully saturated rings. The number of aromatic nitrogens is 1. The van der Waals surface area contributed by atoms with E-state index in [1.165, 1.54) is 0 Å². The number of hydrogen-bond acceptors (Lipinski definition) is 2. The van der Waals surface area contributed by atoms with Gasteiger partial charge in [-0.1, -0.05) is 0 Å².